The SMILES string of the molecule is CCCN(CCC)S(=O)(=O)c1ccc(NC(=S)NC(=O)C=Cc2ccc(OC)c(OC)c2)cc1. The monoisotopic (exact) mass is 505 g/mol. The highest BCUT2D eigenvalue weighted by atomic mass is 32.2. The smallest absolute Gasteiger partial charge is 0.250 e. The Morgan fingerprint density at radius 3 is 2.18 bits per heavy atom. The highest BCUT2D eigenvalue weighted by Crippen LogP contribution is 2.28. The number of nitrogens with zero attached hydrogens (tertiary/aromatic N) is 1. The minimum atomic E-state index is -3.56. The average molecular weight is 506 g/mol. The number of methoxy groups -OCH3 is 2. The van der Waals surface area contributed by atoms with Crippen molar-refractivity contribution in [1.82, 2.24) is 9.62 Å². The van der Waals surface area contributed by atoms with Crippen LogP contribution < -0.4 is 20.1 Å². The standard InChI is InChI=1S/C24H31N3O5S2/c1-5-15-27(16-6-2)34(29,30)20-11-9-19(10-12-20)25-24(33)26-23(28)14-8-18-7-13-21(31-3)22(17-18)32-4/h7-14,17H,5-6,15-16H2,1-4H3,(H2,25,26,28,33). The lowest BCUT2D eigenvalue weighted by atomic mass is 10.2. The van der Waals surface area contributed by atoms with Crippen molar-refractivity contribution in [3.8, 4) is 11.5 Å². The van der Waals surface area contributed by atoms with Gasteiger partial charge in [-0.1, -0.05) is 19.9 Å². The summed E-state index contributed by atoms with van der Waals surface area (Å²) in [6.07, 6.45) is 4.46. The number of carbonyl (C=O) groups is 1. The van der Waals surface area contributed by atoms with Crippen LogP contribution in [0.1, 0.15) is 32.3 Å². The van der Waals surface area contributed by atoms with E-state index in [4.69, 9.17) is 21.7 Å². The predicted octanol–water partition coefficient (Wildman–Crippen LogP) is 4.04. The van der Waals surface area contributed by atoms with Crippen LogP contribution in [0.3, 0.4) is 0 Å². The number of hydrogen-bond donors (Lipinski definition) is 2. The number of hydrogen-bond acceptors (Lipinski definition) is 6. The van der Waals surface area contributed by atoms with Gasteiger partial charge < -0.3 is 14.8 Å². The first-order chi connectivity index (χ1) is 16.2. The second-order valence-corrected chi connectivity index (χ2v) is 9.67. The van der Waals surface area contributed by atoms with Crippen molar-refractivity contribution in [2.75, 3.05) is 32.6 Å². The molecule has 0 atom stereocenters. The summed E-state index contributed by atoms with van der Waals surface area (Å²) in [6.45, 7) is 4.85. The first-order valence-electron chi connectivity index (χ1n) is 10.9. The number of benzene rings is 2. The molecule has 2 rings (SSSR count). The number of sulfonamides is 1. The summed E-state index contributed by atoms with van der Waals surface area (Å²) in [7, 11) is -0.467. The van der Waals surface area contributed by atoms with Gasteiger partial charge in [-0.3, -0.25) is 10.1 Å². The molecule has 0 spiro atoms. The molecule has 0 aliphatic rings. The maximum atomic E-state index is 12.9. The van der Waals surface area contributed by atoms with Gasteiger partial charge in [0.05, 0.1) is 19.1 Å². The van der Waals surface area contributed by atoms with Crippen LogP contribution in [-0.4, -0.2) is 51.1 Å². The van der Waals surface area contributed by atoms with Crippen molar-refractivity contribution in [2.24, 2.45) is 0 Å². The van der Waals surface area contributed by atoms with E-state index in [0.29, 0.717) is 30.3 Å². The molecule has 34 heavy (non-hydrogen) atoms. The van der Waals surface area contributed by atoms with Gasteiger partial charge in [-0.15, -0.1) is 0 Å². The van der Waals surface area contributed by atoms with Crippen LogP contribution in [0.5, 0.6) is 11.5 Å². The minimum absolute atomic E-state index is 0.0937. The highest BCUT2D eigenvalue weighted by molar-refractivity contribution is 7.89. The lowest BCUT2D eigenvalue weighted by molar-refractivity contribution is -0.115. The fourth-order valence-electron chi connectivity index (χ4n) is 3.15. The van der Waals surface area contributed by atoms with Crippen molar-refractivity contribution in [1.29, 1.82) is 0 Å². The van der Waals surface area contributed by atoms with E-state index in [1.54, 1.807) is 43.5 Å². The molecule has 184 valence electrons. The summed E-state index contributed by atoms with van der Waals surface area (Å²) >= 11 is 5.19. The molecule has 1 amide bonds. The van der Waals surface area contributed by atoms with E-state index in [9.17, 15) is 13.2 Å². The van der Waals surface area contributed by atoms with Crippen LogP contribution in [0, 0.1) is 0 Å². The van der Waals surface area contributed by atoms with Gasteiger partial charge in [-0.05, 0) is 73.1 Å². The summed E-state index contributed by atoms with van der Waals surface area (Å²) in [6, 6.07) is 11.6. The third-order valence-electron chi connectivity index (χ3n) is 4.77. The average Bonchev–Trinajstić information content (AvgIpc) is 2.82. The van der Waals surface area contributed by atoms with Crippen LogP contribution in [0.25, 0.3) is 6.08 Å². The molecule has 2 N–H and O–H groups in total. The molecule has 0 bridgehead atoms. The number of rotatable bonds is 11. The molecule has 2 aromatic rings. The van der Waals surface area contributed by atoms with E-state index in [1.165, 1.54) is 29.6 Å². The van der Waals surface area contributed by atoms with E-state index >= 15 is 0 Å². The zero-order chi connectivity index (χ0) is 25.1. The van der Waals surface area contributed by atoms with Crippen LogP contribution >= 0.6 is 12.2 Å². The lowest BCUT2D eigenvalue weighted by Crippen LogP contribution is -2.33. The zero-order valence-electron chi connectivity index (χ0n) is 19.8. The van der Waals surface area contributed by atoms with E-state index < -0.39 is 15.9 Å². The van der Waals surface area contributed by atoms with Gasteiger partial charge in [0.1, 0.15) is 0 Å². The molecule has 0 aliphatic carbocycles. The Balaban J connectivity index is 1.98. The van der Waals surface area contributed by atoms with Gasteiger partial charge >= 0.3 is 0 Å². The molecule has 0 heterocycles. The first kappa shape index (κ1) is 27.3. The van der Waals surface area contributed by atoms with Crippen LogP contribution in [-0.2, 0) is 14.8 Å². The molecule has 0 saturated heterocycles. The number of amides is 1. The van der Waals surface area contributed by atoms with Gasteiger partial charge in [0, 0.05) is 24.9 Å². The molecule has 10 heteroatoms. The molecule has 2 aromatic carbocycles. The van der Waals surface area contributed by atoms with Gasteiger partial charge in [-0.2, -0.15) is 4.31 Å². The van der Waals surface area contributed by atoms with Crippen molar-refractivity contribution in [3.63, 3.8) is 0 Å². The van der Waals surface area contributed by atoms with Crippen molar-refractivity contribution >= 4 is 45.0 Å². The van der Waals surface area contributed by atoms with Gasteiger partial charge in [0.15, 0.2) is 16.6 Å². The van der Waals surface area contributed by atoms with E-state index in [2.05, 4.69) is 10.6 Å². The quantitative estimate of drug-likeness (QED) is 0.351. The van der Waals surface area contributed by atoms with Crippen LogP contribution in [0.15, 0.2) is 53.4 Å². The second-order valence-electron chi connectivity index (χ2n) is 7.32. The summed E-state index contributed by atoms with van der Waals surface area (Å²) < 4.78 is 37.7. The first-order valence-corrected chi connectivity index (χ1v) is 12.7. The molecule has 0 radical (unpaired) electrons. The van der Waals surface area contributed by atoms with Crippen LogP contribution in [0.2, 0.25) is 0 Å². The number of ether oxygens (including phenoxy) is 2. The molecular formula is C24H31N3O5S2. The molecule has 0 fully saturated rings. The Bertz CT molecular complexity index is 1110. The fraction of sp³-hybridized carbons (Fsp3) is 0.333. The maximum absolute atomic E-state index is 12.9. The third kappa shape index (κ3) is 7.54. The Morgan fingerprint density at radius 2 is 1.62 bits per heavy atom. The van der Waals surface area contributed by atoms with Crippen molar-refractivity contribution in [3.05, 3.63) is 54.1 Å². The predicted molar refractivity (Wildman–Crippen MR) is 139 cm³/mol. The van der Waals surface area contributed by atoms with Crippen molar-refractivity contribution < 1.29 is 22.7 Å². The van der Waals surface area contributed by atoms with E-state index in [0.717, 1.165) is 18.4 Å². The summed E-state index contributed by atoms with van der Waals surface area (Å²) in [5.41, 5.74) is 1.31. The number of carbonyl (C=O) groups excluding carboxylic acids is 1. The lowest BCUT2D eigenvalue weighted by Gasteiger charge is -2.21. The molecular weight excluding hydrogens is 474 g/mol. The third-order valence-corrected chi connectivity index (χ3v) is 6.88. The second kappa shape index (κ2) is 13.1. The largest absolute Gasteiger partial charge is 0.493 e. The van der Waals surface area contributed by atoms with E-state index in [-0.39, 0.29) is 10.0 Å². The maximum Gasteiger partial charge on any atom is 0.250 e. The minimum Gasteiger partial charge on any atom is -0.493 e. The number of nitrogens with one attached hydrogen (secondary N) is 2. The molecule has 8 nitrogen and oxygen atoms in total. The van der Waals surface area contributed by atoms with Crippen molar-refractivity contribution in [2.45, 2.75) is 31.6 Å². The summed E-state index contributed by atoms with van der Waals surface area (Å²) in [5.74, 6) is 0.734. The Kier molecular flexibility index (Phi) is 10.5. The van der Waals surface area contributed by atoms with Gasteiger partial charge in [0.2, 0.25) is 15.9 Å². The zero-order valence-corrected chi connectivity index (χ0v) is 21.5. The normalized spacial score (nSPS) is 11.4. The number of anilines is 1. The summed E-state index contributed by atoms with van der Waals surface area (Å²) in [5, 5.41) is 5.54. The summed E-state index contributed by atoms with van der Waals surface area (Å²) in [4.78, 5) is 12.4. The van der Waals surface area contributed by atoms with E-state index in [1.807, 2.05) is 13.8 Å². The van der Waals surface area contributed by atoms with Crippen LogP contribution in [0.4, 0.5) is 5.69 Å². The molecule has 0 unspecified atom stereocenters. The molecule has 0 aliphatic heterocycles. The fourth-order valence-corrected chi connectivity index (χ4v) is 5.00. The molecule has 0 aromatic heterocycles. The van der Waals surface area contributed by atoms with Gasteiger partial charge in [0.25, 0.3) is 0 Å². The topological polar surface area (TPSA) is 97.0 Å². The molecule has 0 saturated carbocycles. The van der Waals surface area contributed by atoms with Gasteiger partial charge in [-0.25, -0.2) is 8.42 Å². The Labute approximate surface area is 207 Å². The Hall–Kier alpha value is -2.95. The Morgan fingerprint density at radius 1 is 1.00 bits per heavy atom. The highest BCUT2D eigenvalue weighted by Gasteiger charge is 2.22. The number of thiocarbonyl (C=S) groups is 1.